The fourth-order valence-corrected chi connectivity index (χ4v) is 3.39. The van der Waals surface area contributed by atoms with E-state index in [4.69, 9.17) is 4.98 Å². The van der Waals surface area contributed by atoms with Gasteiger partial charge in [0.2, 0.25) is 0 Å². The van der Waals surface area contributed by atoms with Crippen molar-refractivity contribution in [1.29, 1.82) is 0 Å². The molecule has 20 heavy (non-hydrogen) atoms. The van der Waals surface area contributed by atoms with Gasteiger partial charge in [0.1, 0.15) is 0 Å². The molecule has 0 aliphatic carbocycles. The van der Waals surface area contributed by atoms with Crippen LogP contribution in [-0.2, 0) is 13.0 Å². The molecule has 1 aliphatic rings. The Morgan fingerprint density at radius 2 is 2.20 bits per heavy atom. The molecule has 0 atom stereocenters. The van der Waals surface area contributed by atoms with Gasteiger partial charge in [-0.2, -0.15) is 0 Å². The van der Waals surface area contributed by atoms with E-state index in [-0.39, 0.29) is 0 Å². The predicted octanol–water partition coefficient (Wildman–Crippen LogP) is 3.58. The van der Waals surface area contributed by atoms with Gasteiger partial charge < -0.3 is 10.2 Å². The van der Waals surface area contributed by atoms with E-state index in [9.17, 15) is 0 Å². The molecule has 3 rings (SSSR count). The average Bonchev–Trinajstić information content (AvgIpc) is 3.04. The Morgan fingerprint density at radius 3 is 3.05 bits per heavy atom. The van der Waals surface area contributed by atoms with Gasteiger partial charge in [-0.1, -0.05) is 32.0 Å². The number of rotatable bonds is 5. The van der Waals surface area contributed by atoms with Gasteiger partial charge in [0.05, 0.1) is 5.69 Å². The molecule has 1 aromatic heterocycles. The molecule has 0 spiro atoms. The summed E-state index contributed by atoms with van der Waals surface area (Å²) in [4.78, 5) is 7.11. The Morgan fingerprint density at radius 1 is 1.35 bits per heavy atom. The van der Waals surface area contributed by atoms with Gasteiger partial charge in [0.25, 0.3) is 0 Å². The van der Waals surface area contributed by atoms with Crippen molar-refractivity contribution in [2.75, 3.05) is 18.0 Å². The van der Waals surface area contributed by atoms with Crippen molar-refractivity contribution in [3.8, 4) is 0 Å². The van der Waals surface area contributed by atoms with Gasteiger partial charge >= 0.3 is 0 Å². The Bertz CT molecular complexity index is 577. The molecule has 0 unspecified atom stereocenters. The monoisotopic (exact) mass is 287 g/mol. The van der Waals surface area contributed by atoms with E-state index < -0.39 is 0 Å². The third-order valence-electron chi connectivity index (χ3n) is 3.52. The van der Waals surface area contributed by atoms with Crippen LogP contribution in [0.15, 0.2) is 29.6 Å². The molecule has 106 valence electrons. The quantitative estimate of drug-likeness (QED) is 0.911. The van der Waals surface area contributed by atoms with Gasteiger partial charge in [0.15, 0.2) is 5.13 Å². The van der Waals surface area contributed by atoms with Crippen LogP contribution in [0, 0.1) is 5.92 Å². The molecule has 2 aromatic rings. The lowest BCUT2D eigenvalue weighted by Crippen LogP contribution is -2.19. The van der Waals surface area contributed by atoms with Crippen LogP contribution in [-0.4, -0.2) is 18.1 Å². The van der Waals surface area contributed by atoms with Gasteiger partial charge in [0, 0.05) is 24.2 Å². The number of para-hydroxylation sites is 1. The Kier molecular flexibility index (Phi) is 4.03. The standard InChI is InChI=1S/C16H21N3S/c1-12(2)9-17-10-14-11-20-16(18-14)19-8-7-13-5-3-4-6-15(13)19/h3-6,11-12,17H,7-10H2,1-2H3. The van der Waals surface area contributed by atoms with Crippen LogP contribution in [0.4, 0.5) is 10.8 Å². The first-order chi connectivity index (χ1) is 9.74. The fourth-order valence-electron chi connectivity index (χ4n) is 2.53. The van der Waals surface area contributed by atoms with E-state index in [0.29, 0.717) is 5.92 Å². The van der Waals surface area contributed by atoms with Crippen molar-refractivity contribution in [2.45, 2.75) is 26.8 Å². The first-order valence-electron chi connectivity index (χ1n) is 7.24. The van der Waals surface area contributed by atoms with Gasteiger partial charge in [-0.15, -0.1) is 11.3 Å². The maximum absolute atomic E-state index is 4.77. The lowest BCUT2D eigenvalue weighted by atomic mass is 10.2. The number of fused-ring (bicyclic) bond motifs is 1. The largest absolute Gasteiger partial charge is 0.317 e. The van der Waals surface area contributed by atoms with Gasteiger partial charge in [-0.05, 0) is 30.5 Å². The third kappa shape index (κ3) is 2.86. The summed E-state index contributed by atoms with van der Waals surface area (Å²) >= 11 is 1.74. The number of nitrogens with one attached hydrogen (secondary N) is 1. The van der Waals surface area contributed by atoms with E-state index in [1.807, 2.05) is 0 Å². The van der Waals surface area contributed by atoms with Crippen molar-refractivity contribution < 1.29 is 0 Å². The molecular formula is C16H21N3S. The lowest BCUT2D eigenvalue weighted by molar-refractivity contribution is 0.549. The van der Waals surface area contributed by atoms with Crippen LogP contribution in [0.2, 0.25) is 0 Å². The Hall–Kier alpha value is -1.39. The van der Waals surface area contributed by atoms with Crippen LogP contribution in [0.25, 0.3) is 0 Å². The summed E-state index contributed by atoms with van der Waals surface area (Å²) in [6.07, 6.45) is 1.12. The van der Waals surface area contributed by atoms with Crippen LogP contribution < -0.4 is 10.2 Å². The van der Waals surface area contributed by atoms with Crippen molar-refractivity contribution >= 4 is 22.2 Å². The molecular weight excluding hydrogens is 266 g/mol. The summed E-state index contributed by atoms with van der Waals surface area (Å²) in [5.74, 6) is 0.679. The second-order valence-electron chi connectivity index (χ2n) is 5.68. The zero-order chi connectivity index (χ0) is 13.9. The number of anilines is 2. The number of thiazole rings is 1. The van der Waals surface area contributed by atoms with E-state index in [1.54, 1.807) is 11.3 Å². The number of aromatic nitrogens is 1. The maximum Gasteiger partial charge on any atom is 0.190 e. The van der Waals surface area contributed by atoms with Crippen molar-refractivity contribution in [1.82, 2.24) is 10.3 Å². The summed E-state index contributed by atoms with van der Waals surface area (Å²) in [6.45, 7) is 7.40. The van der Waals surface area contributed by atoms with Crippen molar-refractivity contribution in [3.63, 3.8) is 0 Å². The fraction of sp³-hybridized carbons (Fsp3) is 0.438. The molecule has 3 nitrogen and oxygen atoms in total. The maximum atomic E-state index is 4.77. The number of hydrogen-bond donors (Lipinski definition) is 1. The van der Waals surface area contributed by atoms with Crippen LogP contribution in [0.3, 0.4) is 0 Å². The summed E-state index contributed by atoms with van der Waals surface area (Å²) in [7, 11) is 0. The highest BCUT2D eigenvalue weighted by atomic mass is 32.1. The zero-order valence-corrected chi connectivity index (χ0v) is 12.9. The molecule has 0 bridgehead atoms. The molecule has 1 N–H and O–H groups in total. The second-order valence-corrected chi connectivity index (χ2v) is 6.51. The smallest absolute Gasteiger partial charge is 0.190 e. The minimum absolute atomic E-state index is 0.679. The van der Waals surface area contributed by atoms with Crippen LogP contribution in [0.1, 0.15) is 25.1 Å². The summed E-state index contributed by atoms with van der Waals surface area (Å²) in [5.41, 5.74) is 3.90. The van der Waals surface area contributed by atoms with Crippen LogP contribution in [0.5, 0.6) is 0 Å². The highest BCUT2D eigenvalue weighted by molar-refractivity contribution is 7.13. The molecule has 4 heteroatoms. The highest BCUT2D eigenvalue weighted by Crippen LogP contribution is 2.35. The Balaban J connectivity index is 1.69. The first kappa shape index (κ1) is 13.6. The van der Waals surface area contributed by atoms with E-state index >= 15 is 0 Å². The normalized spacial score (nSPS) is 14.1. The second kappa shape index (κ2) is 5.94. The van der Waals surface area contributed by atoms with E-state index in [1.165, 1.54) is 11.3 Å². The van der Waals surface area contributed by atoms with Crippen molar-refractivity contribution in [2.24, 2.45) is 5.92 Å². The topological polar surface area (TPSA) is 28.2 Å². The summed E-state index contributed by atoms with van der Waals surface area (Å²) in [5, 5.41) is 6.74. The minimum Gasteiger partial charge on any atom is -0.317 e. The van der Waals surface area contributed by atoms with E-state index in [2.05, 4.69) is 53.7 Å². The summed E-state index contributed by atoms with van der Waals surface area (Å²) < 4.78 is 0. The minimum atomic E-state index is 0.679. The van der Waals surface area contributed by atoms with Crippen molar-refractivity contribution in [3.05, 3.63) is 40.9 Å². The van der Waals surface area contributed by atoms with Gasteiger partial charge in [-0.25, -0.2) is 4.98 Å². The molecule has 1 aliphatic heterocycles. The molecule has 1 aromatic carbocycles. The first-order valence-corrected chi connectivity index (χ1v) is 8.12. The van der Waals surface area contributed by atoms with Gasteiger partial charge in [-0.3, -0.25) is 0 Å². The average molecular weight is 287 g/mol. The number of hydrogen-bond acceptors (Lipinski definition) is 4. The zero-order valence-electron chi connectivity index (χ0n) is 12.1. The number of nitrogens with zero attached hydrogens (tertiary/aromatic N) is 2. The molecule has 0 fully saturated rings. The number of benzene rings is 1. The molecule has 0 saturated heterocycles. The molecule has 2 heterocycles. The van der Waals surface area contributed by atoms with E-state index in [0.717, 1.165) is 36.9 Å². The SMILES string of the molecule is CC(C)CNCc1csc(N2CCc3ccccc32)n1. The molecule has 0 saturated carbocycles. The predicted molar refractivity (Wildman–Crippen MR) is 85.8 cm³/mol. The third-order valence-corrected chi connectivity index (χ3v) is 4.43. The Labute approximate surface area is 124 Å². The molecule has 0 amide bonds. The van der Waals surface area contributed by atoms with Crippen LogP contribution >= 0.6 is 11.3 Å². The lowest BCUT2D eigenvalue weighted by Gasteiger charge is -2.15. The summed E-state index contributed by atoms with van der Waals surface area (Å²) in [6, 6.07) is 8.63. The highest BCUT2D eigenvalue weighted by Gasteiger charge is 2.21. The molecule has 0 radical (unpaired) electrons.